The van der Waals surface area contributed by atoms with E-state index in [1.165, 1.54) is 35.8 Å². The molecule has 1 saturated heterocycles. The molecule has 0 bridgehead atoms. The van der Waals surface area contributed by atoms with Crippen molar-refractivity contribution in [3.05, 3.63) is 6.20 Å². The Labute approximate surface area is 157 Å². The van der Waals surface area contributed by atoms with Crippen LogP contribution in [0, 0.1) is 5.92 Å². The summed E-state index contributed by atoms with van der Waals surface area (Å²) in [5.41, 5.74) is 0. The van der Waals surface area contributed by atoms with E-state index in [9.17, 15) is 21.6 Å². The fourth-order valence-electron chi connectivity index (χ4n) is 2.47. The van der Waals surface area contributed by atoms with Crippen molar-refractivity contribution < 1.29 is 21.6 Å². The lowest BCUT2D eigenvalue weighted by atomic mass is 9.99. The number of hydrogen-bond acceptors (Lipinski definition) is 7. The Morgan fingerprint density at radius 2 is 1.92 bits per heavy atom. The third-order valence-corrected chi connectivity index (χ3v) is 8.69. The second-order valence-electron chi connectivity index (χ2n) is 6.15. The topological polar surface area (TPSA) is 129 Å². The number of nitrogens with one attached hydrogen (secondary N) is 2. The van der Waals surface area contributed by atoms with Crippen molar-refractivity contribution in [1.82, 2.24) is 18.3 Å². The van der Waals surface area contributed by atoms with E-state index in [1.54, 1.807) is 0 Å². The van der Waals surface area contributed by atoms with Crippen LogP contribution in [-0.2, 0) is 25.0 Å². The van der Waals surface area contributed by atoms with Crippen LogP contribution < -0.4 is 10.0 Å². The Balaban J connectivity index is 1.89. The number of anilines is 1. The highest BCUT2D eigenvalue weighted by Gasteiger charge is 2.30. The highest BCUT2D eigenvalue weighted by Crippen LogP contribution is 2.24. The lowest BCUT2D eigenvalue weighted by Crippen LogP contribution is -2.45. The van der Waals surface area contributed by atoms with Gasteiger partial charge in [0.25, 0.3) is 20.2 Å². The first-order chi connectivity index (χ1) is 12.0. The van der Waals surface area contributed by atoms with Gasteiger partial charge in [-0.05, 0) is 18.8 Å². The summed E-state index contributed by atoms with van der Waals surface area (Å²) in [6, 6.07) is 0. The molecule has 0 aliphatic carbocycles. The maximum Gasteiger partial charge on any atom is 0.281 e. The van der Waals surface area contributed by atoms with E-state index in [2.05, 4.69) is 15.0 Å². The maximum atomic E-state index is 12.3. The summed E-state index contributed by atoms with van der Waals surface area (Å²) in [6.07, 6.45) is 2.36. The van der Waals surface area contributed by atoms with Crippen LogP contribution in [0.3, 0.4) is 0 Å². The van der Waals surface area contributed by atoms with Crippen LogP contribution in [0.25, 0.3) is 0 Å². The molecule has 0 atom stereocenters. The number of aromatic nitrogens is 1. The highest BCUT2D eigenvalue weighted by atomic mass is 32.2. The van der Waals surface area contributed by atoms with Gasteiger partial charge in [0.1, 0.15) is 0 Å². The lowest BCUT2D eigenvalue weighted by Gasteiger charge is -2.32. The fraction of sp³-hybridized carbons (Fsp3) is 0.692. The maximum absolute atomic E-state index is 12.3. The third-order valence-electron chi connectivity index (χ3n) is 3.96. The van der Waals surface area contributed by atoms with E-state index < -0.39 is 20.2 Å². The summed E-state index contributed by atoms with van der Waals surface area (Å²) in [6.45, 7) is 2.27. The number of carbonyl (C=O) groups excluding carboxylic acids is 1. The van der Waals surface area contributed by atoms with Crippen molar-refractivity contribution in [2.45, 2.75) is 24.0 Å². The Kier molecular flexibility index (Phi) is 6.74. The zero-order valence-corrected chi connectivity index (χ0v) is 17.2. The predicted molar refractivity (Wildman–Crippen MR) is 98.5 cm³/mol. The van der Waals surface area contributed by atoms with Crippen LogP contribution in [-0.4, -0.2) is 70.1 Å². The number of piperidine rings is 1. The first kappa shape index (κ1) is 21.2. The van der Waals surface area contributed by atoms with E-state index in [0.29, 0.717) is 25.9 Å². The minimum Gasteiger partial charge on any atom is -0.302 e. The van der Waals surface area contributed by atoms with Crippen LogP contribution in [0.5, 0.6) is 0 Å². The lowest BCUT2D eigenvalue weighted by molar-refractivity contribution is -0.114. The molecule has 1 fully saturated rings. The molecule has 0 radical (unpaired) electrons. The number of amides is 1. The van der Waals surface area contributed by atoms with Gasteiger partial charge in [0, 0.05) is 40.7 Å². The number of rotatable bonds is 7. The normalized spacial score (nSPS) is 17.5. The Morgan fingerprint density at radius 1 is 1.31 bits per heavy atom. The van der Waals surface area contributed by atoms with Crippen LogP contribution in [0.4, 0.5) is 5.13 Å². The van der Waals surface area contributed by atoms with Gasteiger partial charge in [-0.3, -0.25) is 4.79 Å². The second-order valence-corrected chi connectivity index (χ2v) is 11.3. The Hall–Kier alpha value is -1.12. The Morgan fingerprint density at radius 3 is 2.46 bits per heavy atom. The first-order valence-corrected chi connectivity index (χ1v) is 11.6. The van der Waals surface area contributed by atoms with E-state index in [-0.39, 0.29) is 27.7 Å². The summed E-state index contributed by atoms with van der Waals surface area (Å²) in [5, 5.41) is 2.66. The van der Waals surface area contributed by atoms with Crippen LogP contribution in [0.1, 0.15) is 19.8 Å². The molecule has 13 heteroatoms. The van der Waals surface area contributed by atoms with E-state index in [4.69, 9.17) is 0 Å². The summed E-state index contributed by atoms with van der Waals surface area (Å²) >= 11 is 0.875. The first-order valence-electron chi connectivity index (χ1n) is 7.93. The minimum absolute atomic E-state index is 0.0221. The summed E-state index contributed by atoms with van der Waals surface area (Å²) in [5.74, 6) is -0.267. The molecule has 26 heavy (non-hydrogen) atoms. The molecule has 0 saturated carbocycles. The largest absolute Gasteiger partial charge is 0.302 e. The molecule has 2 rings (SSSR count). The summed E-state index contributed by atoms with van der Waals surface area (Å²) in [4.78, 5) is 14.8. The SMILES string of the molecule is CC(=O)Nc1ncc(S(=O)(=O)NCC2CCN(S(=O)(=O)N(C)C)CC2)s1. The molecule has 1 aliphatic rings. The monoisotopic (exact) mass is 425 g/mol. The highest BCUT2D eigenvalue weighted by molar-refractivity contribution is 7.91. The van der Waals surface area contributed by atoms with Crippen molar-refractivity contribution in [3.63, 3.8) is 0 Å². The minimum atomic E-state index is -3.72. The van der Waals surface area contributed by atoms with E-state index >= 15 is 0 Å². The third kappa shape index (κ3) is 5.20. The number of carbonyl (C=O) groups is 1. The zero-order valence-electron chi connectivity index (χ0n) is 14.8. The Bertz CT molecular complexity index is 841. The zero-order chi connectivity index (χ0) is 19.5. The van der Waals surface area contributed by atoms with Gasteiger partial charge in [0.2, 0.25) is 5.91 Å². The van der Waals surface area contributed by atoms with Crippen LogP contribution >= 0.6 is 11.3 Å². The van der Waals surface area contributed by atoms with Crippen molar-refractivity contribution in [2.75, 3.05) is 39.0 Å². The van der Waals surface area contributed by atoms with Crippen LogP contribution in [0.15, 0.2) is 10.4 Å². The molecule has 0 aromatic carbocycles. The summed E-state index contributed by atoms with van der Waals surface area (Å²) in [7, 11) is -4.17. The van der Waals surface area contributed by atoms with Crippen LogP contribution in [0.2, 0.25) is 0 Å². The number of sulfonamides is 1. The van der Waals surface area contributed by atoms with Gasteiger partial charge in [-0.2, -0.15) is 17.0 Å². The molecule has 148 valence electrons. The van der Waals surface area contributed by atoms with Gasteiger partial charge in [-0.25, -0.2) is 18.1 Å². The van der Waals surface area contributed by atoms with E-state index in [0.717, 1.165) is 11.3 Å². The van der Waals surface area contributed by atoms with Crippen molar-refractivity contribution in [2.24, 2.45) is 5.92 Å². The molecule has 1 aromatic rings. The average Bonchev–Trinajstić information content (AvgIpc) is 3.02. The quantitative estimate of drug-likeness (QED) is 0.628. The predicted octanol–water partition coefficient (Wildman–Crippen LogP) is -0.102. The van der Waals surface area contributed by atoms with E-state index in [1.807, 2.05) is 0 Å². The number of thiazole rings is 1. The molecule has 0 spiro atoms. The van der Waals surface area contributed by atoms with Crippen molar-refractivity contribution in [1.29, 1.82) is 0 Å². The molecule has 1 aromatic heterocycles. The molecule has 0 unspecified atom stereocenters. The molecule has 2 heterocycles. The molecular formula is C13H23N5O5S3. The molecule has 1 amide bonds. The van der Waals surface area contributed by atoms with Gasteiger partial charge in [-0.15, -0.1) is 0 Å². The van der Waals surface area contributed by atoms with Gasteiger partial charge in [0.05, 0.1) is 6.20 Å². The van der Waals surface area contributed by atoms with Gasteiger partial charge in [-0.1, -0.05) is 11.3 Å². The summed E-state index contributed by atoms with van der Waals surface area (Å²) < 4.78 is 53.9. The van der Waals surface area contributed by atoms with Crippen molar-refractivity contribution >= 4 is 42.6 Å². The van der Waals surface area contributed by atoms with Crippen molar-refractivity contribution in [3.8, 4) is 0 Å². The second kappa shape index (κ2) is 8.27. The molecular weight excluding hydrogens is 402 g/mol. The number of nitrogens with zero attached hydrogens (tertiary/aromatic N) is 3. The average molecular weight is 426 g/mol. The molecule has 2 N–H and O–H groups in total. The molecule has 1 aliphatic heterocycles. The van der Waals surface area contributed by atoms with Gasteiger partial charge in [0.15, 0.2) is 9.34 Å². The standard InChI is InChI=1S/C13H23N5O5S3/c1-10(19)16-13-14-9-12(24-13)25(20,21)15-8-11-4-6-18(7-5-11)26(22,23)17(2)3/h9,11,15H,4-8H2,1-3H3,(H,14,16,19). The van der Waals surface area contributed by atoms with Gasteiger partial charge < -0.3 is 5.32 Å². The number of hydrogen-bond donors (Lipinski definition) is 2. The smallest absolute Gasteiger partial charge is 0.281 e. The van der Waals surface area contributed by atoms with Gasteiger partial charge >= 0.3 is 0 Å². The fourth-order valence-corrected chi connectivity index (χ4v) is 5.84. The molecule has 10 nitrogen and oxygen atoms in total.